The van der Waals surface area contributed by atoms with E-state index in [1.165, 1.54) is 0 Å². The molecule has 2 aromatic heterocycles. The molecule has 9 heteroatoms. The van der Waals surface area contributed by atoms with E-state index in [1.807, 2.05) is 0 Å². The van der Waals surface area contributed by atoms with Gasteiger partial charge in [-0.25, -0.2) is 4.98 Å². The molecular weight excluding hydrogens is 290 g/mol. The number of hydrogen-bond donors (Lipinski definition) is 2. The Morgan fingerprint density at radius 3 is 2.67 bits per heavy atom. The molecule has 0 bridgehead atoms. The third kappa shape index (κ3) is 3.35. The molecule has 3 rings (SSSR count). The maximum Gasteiger partial charge on any atom is 0.241 e. The predicted molar refractivity (Wildman–Crippen MR) is 81.0 cm³/mol. The van der Waals surface area contributed by atoms with Crippen molar-refractivity contribution in [1.82, 2.24) is 24.5 Å². The molecule has 112 valence electrons. The summed E-state index contributed by atoms with van der Waals surface area (Å²) in [5, 5.41) is 6.24. The van der Waals surface area contributed by atoms with Crippen molar-refractivity contribution in [2.75, 3.05) is 29.2 Å². The molecule has 0 amide bonds. The molecule has 0 aliphatic carbocycles. The van der Waals surface area contributed by atoms with Crippen LogP contribution in [0.15, 0.2) is 18.7 Å². The van der Waals surface area contributed by atoms with E-state index in [0.29, 0.717) is 17.8 Å². The highest BCUT2D eigenvalue weighted by molar-refractivity contribution is 7.85. The molecule has 2 N–H and O–H groups in total. The summed E-state index contributed by atoms with van der Waals surface area (Å²) in [4.78, 5) is 17.0. The summed E-state index contributed by atoms with van der Waals surface area (Å²) in [7, 11) is 1.09. The first-order chi connectivity index (χ1) is 10.2. The minimum atomic E-state index is -0.671. The molecule has 0 spiro atoms. The SMILES string of the molecule is CNc1nc(NC2CCS(=O)CC2)nc(-n2ccnc2)n1. The zero-order chi connectivity index (χ0) is 14.7. The lowest BCUT2D eigenvalue weighted by Crippen LogP contribution is -2.30. The lowest BCUT2D eigenvalue weighted by molar-refractivity contribution is 0.620. The first-order valence-electron chi connectivity index (χ1n) is 6.78. The summed E-state index contributed by atoms with van der Waals surface area (Å²) >= 11 is 0. The Balaban J connectivity index is 1.81. The van der Waals surface area contributed by atoms with Crippen molar-refractivity contribution >= 4 is 22.7 Å². The van der Waals surface area contributed by atoms with Crippen LogP contribution in [-0.2, 0) is 10.8 Å². The summed E-state index contributed by atoms with van der Waals surface area (Å²) in [5.41, 5.74) is 0. The van der Waals surface area contributed by atoms with E-state index in [1.54, 1.807) is 30.3 Å². The van der Waals surface area contributed by atoms with Crippen LogP contribution in [0.25, 0.3) is 5.95 Å². The van der Waals surface area contributed by atoms with Gasteiger partial charge in [0.2, 0.25) is 17.8 Å². The molecule has 0 aromatic carbocycles. The number of imidazole rings is 1. The van der Waals surface area contributed by atoms with Crippen LogP contribution in [0.4, 0.5) is 11.9 Å². The topological polar surface area (TPSA) is 97.6 Å². The Bertz CT molecular complexity index is 621. The summed E-state index contributed by atoms with van der Waals surface area (Å²) in [6.45, 7) is 0. The second kappa shape index (κ2) is 6.17. The van der Waals surface area contributed by atoms with Gasteiger partial charge in [-0.1, -0.05) is 0 Å². The molecule has 2 aromatic rings. The fraction of sp³-hybridized carbons (Fsp3) is 0.500. The van der Waals surface area contributed by atoms with Gasteiger partial charge in [0, 0.05) is 47.8 Å². The lowest BCUT2D eigenvalue weighted by Gasteiger charge is -2.22. The predicted octanol–water partition coefficient (Wildman–Crippen LogP) is 0.422. The van der Waals surface area contributed by atoms with Crippen LogP contribution >= 0.6 is 0 Å². The fourth-order valence-corrected chi connectivity index (χ4v) is 3.45. The third-order valence-electron chi connectivity index (χ3n) is 3.30. The highest BCUT2D eigenvalue weighted by Gasteiger charge is 2.19. The maximum absolute atomic E-state index is 11.4. The van der Waals surface area contributed by atoms with Crippen molar-refractivity contribution in [3.63, 3.8) is 0 Å². The first-order valence-corrected chi connectivity index (χ1v) is 8.27. The van der Waals surface area contributed by atoms with Gasteiger partial charge in [0.05, 0.1) is 0 Å². The Kier molecular flexibility index (Phi) is 4.09. The number of hydrogen-bond acceptors (Lipinski definition) is 7. The minimum absolute atomic E-state index is 0.255. The molecule has 0 atom stereocenters. The molecule has 0 saturated carbocycles. The molecule has 3 heterocycles. The van der Waals surface area contributed by atoms with Gasteiger partial charge in [-0.2, -0.15) is 15.0 Å². The third-order valence-corrected chi connectivity index (χ3v) is 4.69. The zero-order valence-electron chi connectivity index (χ0n) is 11.7. The smallest absolute Gasteiger partial charge is 0.241 e. The first kappa shape index (κ1) is 13.9. The van der Waals surface area contributed by atoms with Gasteiger partial charge in [-0.05, 0) is 12.8 Å². The fourth-order valence-electron chi connectivity index (χ4n) is 2.15. The molecule has 1 aliphatic rings. The van der Waals surface area contributed by atoms with Gasteiger partial charge in [-0.3, -0.25) is 8.78 Å². The molecule has 1 saturated heterocycles. The largest absolute Gasteiger partial charge is 0.357 e. The van der Waals surface area contributed by atoms with Gasteiger partial charge in [0.1, 0.15) is 6.33 Å². The van der Waals surface area contributed by atoms with Gasteiger partial charge in [-0.15, -0.1) is 0 Å². The van der Waals surface area contributed by atoms with Gasteiger partial charge in [0.15, 0.2) is 0 Å². The van der Waals surface area contributed by atoms with Crippen molar-refractivity contribution in [2.24, 2.45) is 0 Å². The summed E-state index contributed by atoms with van der Waals surface area (Å²) in [6, 6.07) is 0.255. The van der Waals surface area contributed by atoms with E-state index in [-0.39, 0.29) is 6.04 Å². The average Bonchev–Trinajstić information content (AvgIpc) is 3.04. The Hall–Kier alpha value is -2.03. The second-order valence-corrected chi connectivity index (χ2v) is 6.47. The van der Waals surface area contributed by atoms with E-state index in [2.05, 4.69) is 30.6 Å². The average molecular weight is 307 g/mol. The van der Waals surface area contributed by atoms with Crippen LogP contribution in [0, 0.1) is 0 Å². The molecular formula is C12H17N7OS. The molecule has 0 radical (unpaired) electrons. The van der Waals surface area contributed by atoms with Crippen LogP contribution in [0.1, 0.15) is 12.8 Å². The van der Waals surface area contributed by atoms with Crippen LogP contribution in [0.3, 0.4) is 0 Å². The van der Waals surface area contributed by atoms with Crippen LogP contribution in [-0.4, -0.2) is 53.3 Å². The van der Waals surface area contributed by atoms with Crippen molar-refractivity contribution in [1.29, 1.82) is 0 Å². The van der Waals surface area contributed by atoms with Gasteiger partial charge >= 0.3 is 0 Å². The molecule has 1 fully saturated rings. The highest BCUT2D eigenvalue weighted by Crippen LogP contribution is 2.15. The van der Waals surface area contributed by atoms with E-state index in [4.69, 9.17) is 0 Å². The van der Waals surface area contributed by atoms with E-state index in [9.17, 15) is 4.21 Å². The number of anilines is 2. The van der Waals surface area contributed by atoms with Crippen LogP contribution in [0.2, 0.25) is 0 Å². The number of aromatic nitrogens is 5. The maximum atomic E-state index is 11.4. The Morgan fingerprint density at radius 1 is 1.24 bits per heavy atom. The molecule has 1 aliphatic heterocycles. The normalized spacial score (nSPS) is 22.0. The molecule has 0 unspecified atom stereocenters. The van der Waals surface area contributed by atoms with E-state index >= 15 is 0 Å². The number of rotatable bonds is 4. The molecule has 8 nitrogen and oxygen atoms in total. The standard InChI is InChI=1S/C12H17N7OS/c1-13-10-16-11(15-9-2-6-21(20)7-3-9)18-12(17-10)19-5-4-14-8-19/h4-5,8-9H,2-3,6-7H2,1H3,(H2,13,15,16,17,18). The van der Waals surface area contributed by atoms with Gasteiger partial charge in [0.25, 0.3) is 0 Å². The highest BCUT2D eigenvalue weighted by atomic mass is 32.2. The quantitative estimate of drug-likeness (QED) is 0.845. The van der Waals surface area contributed by atoms with Crippen molar-refractivity contribution in [2.45, 2.75) is 18.9 Å². The molecule has 21 heavy (non-hydrogen) atoms. The van der Waals surface area contributed by atoms with Crippen LogP contribution in [0.5, 0.6) is 0 Å². The number of nitrogens with one attached hydrogen (secondary N) is 2. The summed E-state index contributed by atoms with van der Waals surface area (Å²) in [5.74, 6) is 2.99. The van der Waals surface area contributed by atoms with Crippen molar-refractivity contribution < 1.29 is 4.21 Å². The monoisotopic (exact) mass is 307 g/mol. The summed E-state index contributed by atoms with van der Waals surface area (Å²) in [6.07, 6.45) is 6.83. The van der Waals surface area contributed by atoms with Crippen molar-refractivity contribution in [3.05, 3.63) is 18.7 Å². The summed E-state index contributed by atoms with van der Waals surface area (Å²) < 4.78 is 13.1. The van der Waals surface area contributed by atoms with Crippen LogP contribution < -0.4 is 10.6 Å². The minimum Gasteiger partial charge on any atom is -0.357 e. The lowest BCUT2D eigenvalue weighted by atomic mass is 10.2. The van der Waals surface area contributed by atoms with E-state index < -0.39 is 10.8 Å². The van der Waals surface area contributed by atoms with Gasteiger partial charge < -0.3 is 10.6 Å². The Morgan fingerprint density at radius 2 is 2.00 bits per heavy atom. The van der Waals surface area contributed by atoms with Crippen molar-refractivity contribution in [3.8, 4) is 5.95 Å². The zero-order valence-corrected chi connectivity index (χ0v) is 12.5. The second-order valence-electron chi connectivity index (χ2n) is 4.77. The number of nitrogens with zero attached hydrogens (tertiary/aromatic N) is 5. The Labute approximate surface area is 124 Å². The van der Waals surface area contributed by atoms with E-state index in [0.717, 1.165) is 24.3 Å².